The zero-order valence-corrected chi connectivity index (χ0v) is 18.8. The summed E-state index contributed by atoms with van der Waals surface area (Å²) in [7, 11) is 0. The zero-order chi connectivity index (χ0) is 18.8. The van der Waals surface area contributed by atoms with Gasteiger partial charge in [-0.05, 0) is 54.3 Å². The Morgan fingerprint density at radius 2 is 1.52 bits per heavy atom. The van der Waals surface area contributed by atoms with Crippen LogP contribution in [0.1, 0.15) is 119 Å². The second-order valence-electron chi connectivity index (χ2n) is 9.81. The summed E-state index contributed by atoms with van der Waals surface area (Å²) >= 11 is 0. The second kappa shape index (κ2) is 12.4. The van der Waals surface area contributed by atoms with E-state index in [1.54, 1.807) is 0 Å². The minimum atomic E-state index is 0.918. The van der Waals surface area contributed by atoms with Crippen LogP contribution in [0.2, 0.25) is 0 Å². The van der Waals surface area contributed by atoms with Crippen molar-refractivity contribution in [1.29, 1.82) is 0 Å². The van der Waals surface area contributed by atoms with E-state index in [0.717, 1.165) is 41.4 Å². The van der Waals surface area contributed by atoms with Crippen molar-refractivity contribution in [1.82, 2.24) is 0 Å². The largest absolute Gasteiger partial charge is 0.0654 e. The van der Waals surface area contributed by atoms with Crippen LogP contribution in [0.3, 0.4) is 0 Å². The van der Waals surface area contributed by atoms with E-state index in [-0.39, 0.29) is 0 Å². The first-order valence-electron chi connectivity index (χ1n) is 12.0. The van der Waals surface area contributed by atoms with E-state index in [0.29, 0.717) is 0 Å². The molecule has 0 aromatic heterocycles. The van der Waals surface area contributed by atoms with Gasteiger partial charge >= 0.3 is 0 Å². The number of hydrogen-bond donors (Lipinski definition) is 0. The van der Waals surface area contributed by atoms with E-state index < -0.39 is 0 Å². The van der Waals surface area contributed by atoms with Crippen molar-refractivity contribution in [3.8, 4) is 0 Å². The number of hydrogen-bond acceptors (Lipinski definition) is 0. The molecule has 1 fully saturated rings. The maximum atomic E-state index is 2.60. The van der Waals surface area contributed by atoms with E-state index in [2.05, 4.69) is 48.5 Å². The molecule has 0 aromatic carbocycles. The van der Waals surface area contributed by atoms with Crippen molar-refractivity contribution in [3.63, 3.8) is 0 Å². The molecule has 7 unspecified atom stereocenters. The Morgan fingerprint density at radius 3 is 2.12 bits per heavy atom. The molecule has 0 amide bonds. The average Bonchev–Trinajstić information content (AvgIpc) is 2.84. The third-order valence-electron chi connectivity index (χ3n) is 7.54. The molecule has 1 rings (SSSR count). The molecule has 0 saturated heterocycles. The molecule has 0 spiro atoms. The Kier molecular flexibility index (Phi) is 11.4. The maximum Gasteiger partial charge on any atom is -0.0332 e. The van der Waals surface area contributed by atoms with Crippen LogP contribution in [0.5, 0.6) is 0 Å². The third-order valence-corrected chi connectivity index (χ3v) is 7.54. The fourth-order valence-electron chi connectivity index (χ4n) is 6.37. The Bertz CT molecular complexity index is 320. The quantitative estimate of drug-likeness (QED) is 0.291. The number of unbranched alkanes of at least 4 members (excludes halogenated alkanes) is 3. The lowest BCUT2D eigenvalue weighted by molar-refractivity contribution is 0.154. The van der Waals surface area contributed by atoms with E-state index in [9.17, 15) is 0 Å². The Morgan fingerprint density at radius 1 is 0.800 bits per heavy atom. The molecule has 0 radical (unpaired) electrons. The molecule has 25 heavy (non-hydrogen) atoms. The highest BCUT2D eigenvalue weighted by Gasteiger charge is 2.41. The van der Waals surface area contributed by atoms with Crippen LogP contribution in [0.15, 0.2) is 0 Å². The normalized spacial score (nSPS) is 30.4. The molecule has 0 heterocycles. The Balaban J connectivity index is 2.59. The lowest BCUT2D eigenvalue weighted by atomic mass is 9.71. The van der Waals surface area contributed by atoms with Crippen molar-refractivity contribution in [2.45, 2.75) is 119 Å². The highest BCUT2D eigenvalue weighted by Crippen LogP contribution is 2.49. The van der Waals surface area contributed by atoms with Crippen LogP contribution in [0.4, 0.5) is 0 Å². The first-order valence-corrected chi connectivity index (χ1v) is 12.0. The summed E-state index contributed by atoms with van der Waals surface area (Å²) in [5.74, 6) is 6.70. The van der Waals surface area contributed by atoms with Crippen molar-refractivity contribution < 1.29 is 0 Å². The van der Waals surface area contributed by atoms with Gasteiger partial charge in [-0.3, -0.25) is 0 Å². The first-order chi connectivity index (χ1) is 12.0. The summed E-state index contributed by atoms with van der Waals surface area (Å²) < 4.78 is 0. The summed E-state index contributed by atoms with van der Waals surface area (Å²) in [4.78, 5) is 0. The van der Waals surface area contributed by atoms with Gasteiger partial charge in [-0.15, -0.1) is 0 Å². The molecule has 0 heteroatoms. The predicted molar refractivity (Wildman–Crippen MR) is 115 cm³/mol. The van der Waals surface area contributed by atoms with E-state index in [1.165, 1.54) is 70.6 Å². The molecule has 0 aromatic rings. The van der Waals surface area contributed by atoms with Gasteiger partial charge in [-0.2, -0.15) is 0 Å². The van der Waals surface area contributed by atoms with E-state index >= 15 is 0 Å². The summed E-state index contributed by atoms with van der Waals surface area (Å²) in [5, 5.41) is 0. The van der Waals surface area contributed by atoms with Gasteiger partial charge < -0.3 is 0 Å². The standard InChI is InChI=1S/C25H50/c1-8-11-12-13-16-23(14-9-2)19(4)17-21(6)25-22(7)18-20(5)24(25)15-10-3/h19-25H,8-18H2,1-7H3. The van der Waals surface area contributed by atoms with Crippen LogP contribution >= 0.6 is 0 Å². The topological polar surface area (TPSA) is 0 Å². The van der Waals surface area contributed by atoms with Gasteiger partial charge in [-0.1, -0.05) is 106 Å². The summed E-state index contributed by atoms with van der Waals surface area (Å²) in [6, 6.07) is 0. The third kappa shape index (κ3) is 7.26. The SMILES string of the molecule is CCCCCCC(CCC)C(C)CC(C)C1C(C)CC(C)C1CCC. The molecule has 1 aliphatic carbocycles. The predicted octanol–water partition coefficient (Wildman–Crippen LogP) is 8.74. The minimum Gasteiger partial charge on any atom is -0.0654 e. The maximum absolute atomic E-state index is 2.60. The van der Waals surface area contributed by atoms with Gasteiger partial charge in [0.05, 0.1) is 0 Å². The highest BCUT2D eigenvalue weighted by atomic mass is 14.5. The molecule has 0 nitrogen and oxygen atoms in total. The van der Waals surface area contributed by atoms with E-state index in [4.69, 9.17) is 0 Å². The van der Waals surface area contributed by atoms with Crippen LogP contribution in [-0.2, 0) is 0 Å². The van der Waals surface area contributed by atoms with Crippen LogP contribution in [0.25, 0.3) is 0 Å². The Hall–Kier alpha value is 0. The molecule has 0 bridgehead atoms. The van der Waals surface area contributed by atoms with Crippen molar-refractivity contribution in [2.24, 2.45) is 41.4 Å². The van der Waals surface area contributed by atoms with Crippen LogP contribution in [0, 0.1) is 41.4 Å². The second-order valence-corrected chi connectivity index (χ2v) is 9.81. The lowest BCUT2D eigenvalue weighted by Gasteiger charge is -2.34. The van der Waals surface area contributed by atoms with Crippen molar-refractivity contribution in [3.05, 3.63) is 0 Å². The molecule has 0 N–H and O–H groups in total. The Labute approximate surface area is 160 Å². The molecule has 150 valence electrons. The van der Waals surface area contributed by atoms with Crippen LogP contribution in [-0.4, -0.2) is 0 Å². The minimum absolute atomic E-state index is 0.918. The summed E-state index contributed by atoms with van der Waals surface area (Å²) in [6.07, 6.45) is 15.8. The summed E-state index contributed by atoms with van der Waals surface area (Å²) in [5.41, 5.74) is 0. The summed E-state index contributed by atoms with van der Waals surface area (Å²) in [6.45, 7) is 17.3. The average molecular weight is 351 g/mol. The van der Waals surface area contributed by atoms with Crippen molar-refractivity contribution in [2.75, 3.05) is 0 Å². The van der Waals surface area contributed by atoms with Gasteiger partial charge in [0.2, 0.25) is 0 Å². The smallest absolute Gasteiger partial charge is 0.0332 e. The molecule has 0 aliphatic heterocycles. The molecular weight excluding hydrogens is 300 g/mol. The fourth-order valence-corrected chi connectivity index (χ4v) is 6.37. The lowest BCUT2D eigenvalue weighted by Crippen LogP contribution is -2.26. The molecular formula is C25H50. The van der Waals surface area contributed by atoms with Crippen molar-refractivity contribution >= 4 is 0 Å². The van der Waals surface area contributed by atoms with Gasteiger partial charge in [0, 0.05) is 0 Å². The number of rotatable bonds is 13. The molecule has 7 atom stereocenters. The van der Waals surface area contributed by atoms with Gasteiger partial charge in [0.15, 0.2) is 0 Å². The monoisotopic (exact) mass is 350 g/mol. The van der Waals surface area contributed by atoms with Gasteiger partial charge in [-0.25, -0.2) is 0 Å². The first kappa shape index (κ1) is 23.0. The van der Waals surface area contributed by atoms with Gasteiger partial charge in [0.25, 0.3) is 0 Å². The zero-order valence-electron chi connectivity index (χ0n) is 18.8. The van der Waals surface area contributed by atoms with E-state index in [1.807, 2.05) is 0 Å². The van der Waals surface area contributed by atoms with Crippen LogP contribution < -0.4 is 0 Å². The van der Waals surface area contributed by atoms with Gasteiger partial charge in [0.1, 0.15) is 0 Å². The highest BCUT2D eigenvalue weighted by molar-refractivity contribution is 4.90. The fraction of sp³-hybridized carbons (Fsp3) is 1.00. The molecule has 1 saturated carbocycles. The molecule has 1 aliphatic rings.